The second-order valence-corrected chi connectivity index (χ2v) is 5.93. The number of ether oxygens (including phenoxy) is 1. The number of halogens is 1. The molecule has 122 valence electrons. The minimum absolute atomic E-state index is 0. The van der Waals surface area contributed by atoms with Crippen molar-refractivity contribution in [2.75, 3.05) is 34.3 Å². The highest BCUT2D eigenvalue weighted by Crippen LogP contribution is 2.42. The highest BCUT2D eigenvalue weighted by Gasteiger charge is 2.42. The summed E-state index contributed by atoms with van der Waals surface area (Å²) in [6, 6.07) is 0.379. The highest BCUT2D eigenvalue weighted by molar-refractivity contribution is 14.0. The van der Waals surface area contributed by atoms with Gasteiger partial charge in [-0.25, -0.2) is 0 Å². The second kappa shape index (κ2) is 8.17. The molecule has 2 fully saturated rings. The van der Waals surface area contributed by atoms with Crippen LogP contribution in [0.5, 0.6) is 0 Å². The molecule has 1 spiro atoms. The van der Waals surface area contributed by atoms with Gasteiger partial charge in [0.1, 0.15) is 0 Å². The number of likely N-dealkylation sites (N-methyl/N-ethyl adjacent to an activating group) is 1. The monoisotopic (exact) mass is 410 g/mol. The molecule has 0 bridgehead atoms. The maximum atomic E-state index is 11.6. The van der Waals surface area contributed by atoms with Gasteiger partial charge in [-0.2, -0.15) is 0 Å². The number of rotatable bonds is 3. The smallest absolute Gasteiger partial charge is 0.241 e. The molecule has 0 aromatic carbocycles. The summed E-state index contributed by atoms with van der Waals surface area (Å²) >= 11 is 0. The van der Waals surface area contributed by atoms with Gasteiger partial charge in [0.2, 0.25) is 5.91 Å². The molecule has 1 unspecified atom stereocenters. The van der Waals surface area contributed by atoms with Gasteiger partial charge in [0.15, 0.2) is 5.96 Å². The minimum Gasteiger partial charge on any atom is -0.375 e. The molecule has 1 heterocycles. The Morgan fingerprint density at radius 1 is 1.43 bits per heavy atom. The van der Waals surface area contributed by atoms with Gasteiger partial charge in [0, 0.05) is 33.8 Å². The van der Waals surface area contributed by atoms with Crippen LogP contribution in [0, 0.1) is 0 Å². The summed E-state index contributed by atoms with van der Waals surface area (Å²) in [5.74, 6) is 0.733. The van der Waals surface area contributed by atoms with Crippen LogP contribution in [0.25, 0.3) is 0 Å². The van der Waals surface area contributed by atoms with E-state index in [0.717, 1.165) is 19.4 Å². The van der Waals surface area contributed by atoms with Gasteiger partial charge < -0.3 is 20.3 Å². The lowest BCUT2D eigenvalue weighted by atomic mass is 9.74. The fraction of sp³-hybridized carbons (Fsp3) is 0.857. The quantitative estimate of drug-likeness (QED) is 0.413. The van der Waals surface area contributed by atoms with Crippen LogP contribution in [-0.4, -0.2) is 62.7 Å². The minimum atomic E-state index is 0. The maximum Gasteiger partial charge on any atom is 0.241 e. The summed E-state index contributed by atoms with van der Waals surface area (Å²) in [5.41, 5.74) is 0.119. The SMILES string of the molecule is CN=C(NCC(=O)N(C)C)NC1CCOC2(CCC2)C1.I. The molecule has 1 saturated heterocycles. The molecule has 0 aromatic rings. The molecule has 6 nitrogen and oxygen atoms in total. The summed E-state index contributed by atoms with van der Waals surface area (Å²) in [6.07, 6.45) is 5.66. The first kappa shape index (κ1) is 18.5. The van der Waals surface area contributed by atoms with Crippen LogP contribution in [-0.2, 0) is 9.53 Å². The van der Waals surface area contributed by atoms with Gasteiger partial charge >= 0.3 is 0 Å². The van der Waals surface area contributed by atoms with Gasteiger partial charge in [-0.1, -0.05) is 0 Å². The van der Waals surface area contributed by atoms with Crippen LogP contribution in [0.1, 0.15) is 32.1 Å². The molecule has 2 N–H and O–H groups in total. The van der Waals surface area contributed by atoms with E-state index in [4.69, 9.17) is 4.74 Å². The third-order valence-corrected chi connectivity index (χ3v) is 4.23. The molecule has 2 aliphatic rings. The number of guanidine groups is 1. The Balaban J connectivity index is 0.00000220. The second-order valence-electron chi connectivity index (χ2n) is 5.93. The fourth-order valence-electron chi connectivity index (χ4n) is 2.78. The third kappa shape index (κ3) is 4.98. The molecular formula is C14H27IN4O2. The van der Waals surface area contributed by atoms with Crippen molar-refractivity contribution in [3.8, 4) is 0 Å². The topological polar surface area (TPSA) is 66.0 Å². The summed E-state index contributed by atoms with van der Waals surface area (Å²) in [4.78, 5) is 17.3. The number of nitrogens with one attached hydrogen (secondary N) is 2. The average molecular weight is 410 g/mol. The van der Waals surface area contributed by atoms with Crippen molar-refractivity contribution in [3.63, 3.8) is 0 Å². The van der Waals surface area contributed by atoms with Gasteiger partial charge in [-0.05, 0) is 32.1 Å². The Bertz CT molecular complexity index is 383. The molecular weight excluding hydrogens is 383 g/mol. The summed E-state index contributed by atoms with van der Waals surface area (Å²) in [7, 11) is 5.23. The Morgan fingerprint density at radius 3 is 2.67 bits per heavy atom. The standard InChI is InChI=1S/C14H26N4O2.HI/c1-15-13(16-10-12(19)18(2)3)17-11-5-8-20-14(9-11)6-4-7-14;/h11H,4-10H2,1-3H3,(H2,15,16,17);1H. The van der Waals surface area contributed by atoms with Crippen molar-refractivity contribution in [1.29, 1.82) is 0 Å². The lowest BCUT2D eigenvalue weighted by Crippen LogP contribution is -2.54. The molecule has 2 rings (SSSR count). The summed E-state index contributed by atoms with van der Waals surface area (Å²) < 4.78 is 5.92. The Labute approximate surface area is 144 Å². The maximum absolute atomic E-state index is 11.6. The lowest BCUT2D eigenvalue weighted by molar-refractivity contribution is -0.134. The van der Waals surface area contributed by atoms with Crippen molar-refractivity contribution in [1.82, 2.24) is 15.5 Å². The van der Waals surface area contributed by atoms with Gasteiger partial charge in [-0.3, -0.25) is 9.79 Å². The van der Waals surface area contributed by atoms with Crippen molar-refractivity contribution >= 4 is 35.8 Å². The lowest BCUT2D eigenvalue weighted by Gasteiger charge is -2.47. The number of hydrogen-bond acceptors (Lipinski definition) is 3. The van der Waals surface area contributed by atoms with Crippen LogP contribution < -0.4 is 10.6 Å². The molecule has 21 heavy (non-hydrogen) atoms. The molecule has 7 heteroatoms. The van der Waals surface area contributed by atoms with E-state index >= 15 is 0 Å². The van der Waals surface area contributed by atoms with Crippen molar-refractivity contribution in [2.24, 2.45) is 4.99 Å². The number of hydrogen-bond donors (Lipinski definition) is 2. The molecule has 1 saturated carbocycles. The van der Waals surface area contributed by atoms with Crippen LogP contribution in [0.15, 0.2) is 4.99 Å². The van der Waals surface area contributed by atoms with E-state index in [1.54, 1.807) is 26.0 Å². The first-order chi connectivity index (χ1) is 9.54. The Morgan fingerprint density at radius 2 is 2.14 bits per heavy atom. The Hall–Kier alpha value is -0.570. The average Bonchev–Trinajstić information content (AvgIpc) is 2.41. The zero-order valence-corrected chi connectivity index (χ0v) is 15.5. The van der Waals surface area contributed by atoms with Crippen LogP contribution in [0.4, 0.5) is 0 Å². The molecule has 1 aliphatic heterocycles. The van der Waals surface area contributed by atoms with Crippen LogP contribution in [0.3, 0.4) is 0 Å². The molecule has 0 aromatic heterocycles. The van der Waals surface area contributed by atoms with E-state index < -0.39 is 0 Å². The zero-order valence-electron chi connectivity index (χ0n) is 13.1. The number of nitrogens with zero attached hydrogens (tertiary/aromatic N) is 2. The number of carbonyl (C=O) groups excluding carboxylic acids is 1. The van der Waals surface area contributed by atoms with E-state index in [0.29, 0.717) is 12.0 Å². The molecule has 0 radical (unpaired) electrons. The highest BCUT2D eigenvalue weighted by atomic mass is 127. The number of amides is 1. The first-order valence-electron chi connectivity index (χ1n) is 7.36. The first-order valence-corrected chi connectivity index (χ1v) is 7.36. The fourth-order valence-corrected chi connectivity index (χ4v) is 2.78. The third-order valence-electron chi connectivity index (χ3n) is 4.23. The van der Waals surface area contributed by atoms with Gasteiger partial charge in [0.05, 0.1) is 12.1 Å². The van der Waals surface area contributed by atoms with E-state index in [-0.39, 0.29) is 42.0 Å². The number of carbonyl (C=O) groups is 1. The van der Waals surface area contributed by atoms with Crippen LogP contribution in [0.2, 0.25) is 0 Å². The van der Waals surface area contributed by atoms with E-state index in [9.17, 15) is 4.79 Å². The van der Waals surface area contributed by atoms with Gasteiger partial charge in [0.25, 0.3) is 0 Å². The van der Waals surface area contributed by atoms with E-state index in [2.05, 4.69) is 15.6 Å². The predicted octanol–water partition coefficient (Wildman–Crippen LogP) is 0.959. The normalized spacial score (nSPS) is 23.8. The molecule has 1 aliphatic carbocycles. The van der Waals surface area contributed by atoms with Crippen LogP contribution >= 0.6 is 24.0 Å². The summed E-state index contributed by atoms with van der Waals surface area (Å²) in [6.45, 7) is 1.08. The van der Waals surface area contributed by atoms with E-state index in [1.165, 1.54) is 19.3 Å². The summed E-state index contributed by atoms with van der Waals surface area (Å²) in [5, 5.41) is 6.48. The predicted molar refractivity (Wildman–Crippen MR) is 94.2 cm³/mol. The molecule has 1 amide bonds. The van der Waals surface area contributed by atoms with Crippen molar-refractivity contribution in [3.05, 3.63) is 0 Å². The van der Waals surface area contributed by atoms with Gasteiger partial charge in [-0.15, -0.1) is 24.0 Å². The van der Waals surface area contributed by atoms with E-state index in [1.807, 2.05) is 0 Å². The largest absolute Gasteiger partial charge is 0.375 e. The number of aliphatic imine (C=N–C) groups is 1. The Kier molecular flexibility index (Phi) is 7.19. The molecule has 1 atom stereocenters. The van der Waals surface area contributed by atoms with Crippen molar-refractivity contribution in [2.45, 2.75) is 43.7 Å². The van der Waals surface area contributed by atoms with Crippen molar-refractivity contribution < 1.29 is 9.53 Å². The zero-order chi connectivity index (χ0) is 14.6.